The molecule has 0 unspecified atom stereocenters. The number of hydrogen-bond acceptors (Lipinski definition) is 5. The smallest absolute Gasteiger partial charge is 0.338 e. The average molecular weight is 370 g/mol. The fraction of sp³-hybridized carbons (Fsp3) is 0.250. The quantitative estimate of drug-likeness (QED) is 0.729. The number of hydrogen-bond donors (Lipinski definition) is 2. The summed E-state index contributed by atoms with van der Waals surface area (Å²) in [5.41, 5.74) is 6.10. The summed E-state index contributed by atoms with van der Waals surface area (Å²) in [6, 6.07) is 15.1. The second-order valence-electron chi connectivity index (χ2n) is 6.22. The maximum absolute atomic E-state index is 12.3. The Kier molecular flexibility index (Phi) is 6.93. The van der Waals surface area contributed by atoms with Gasteiger partial charge in [-0.2, -0.15) is 0 Å². The third-order valence-electron chi connectivity index (χ3n) is 3.68. The molecular weight excluding hydrogens is 348 g/mol. The van der Waals surface area contributed by atoms with Crippen LogP contribution in [-0.2, 0) is 16.1 Å². The van der Waals surface area contributed by atoms with Gasteiger partial charge in [-0.05, 0) is 35.7 Å². The van der Waals surface area contributed by atoms with Crippen LogP contribution in [0.3, 0.4) is 0 Å². The van der Waals surface area contributed by atoms with E-state index in [9.17, 15) is 14.4 Å². The predicted octanol–water partition coefficient (Wildman–Crippen LogP) is 2.64. The molecule has 27 heavy (non-hydrogen) atoms. The number of esters is 1. The number of urea groups is 1. The Morgan fingerprint density at radius 1 is 1.00 bits per heavy atom. The number of rotatable bonds is 7. The molecule has 0 aliphatic heterocycles. The zero-order valence-electron chi connectivity index (χ0n) is 15.2. The van der Waals surface area contributed by atoms with Crippen LogP contribution in [0.4, 0.5) is 4.79 Å². The third-order valence-corrected chi connectivity index (χ3v) is 3.68. The first-order valence-electron chi connectivity index (χ1n) is 8.45. The lowest BCUT2D eigenvalue weighted by molar-refractivity contribution is -0.130. The average Bonchev–Trinajstić information content (AvgIpc) is 2.64. The zero-order valence-corrected chi connectivity index (χ0v) is 15.2. The van der Waals surface area contributed by atoms with Crippen molar-refractivity contribution >= 4 is 17.9 Å². The zero-order chi connectivity index (χ0) is 19.8. The van der Waals surface area contributed by atoms with E-state index >= 15 is 0 Å². The van der Waals surface area contributed by atoms with Crippen molar-refractivity contribution in [3.8, 4) is 5.75 Å². The van der Waals surface area contributed by atoms with E-state index in [0.29, 0.717) is 6.61 Å². The topological polar surface area (TPSA) is 108 Å². The van der Waals surface area contributed by atoms with Crippen molar-refractivity contribution < 1.29 is 23.9 Å². The van der Waals surface area contributed by atoms with Crippen LogP contribution < -0.4 is 15.8 Å². The van der Waals surface area contributed by atoms with E-state index in [2.05, 4.69) is 0 Å². The predicted molar refractivity (Wildman–Crippen MR) is 99.0 cm³/mol. The monoisotopic (exact) mass is 370 g/mol. The van der Waals surface area contributed by atoms with Gasteiger partial charge in [-0.1, -0.05) is 44.2 Å². The van der Waals surface area contributed by atoms with Crippen molar-refractivity contribution in [3.63, 3.8) is 0 Å². The van der Waals surface area contributed by atoms with Crippen molar-refractivity contribution in [1.82, 2.24) is 5.32 Å². The number of imide groups is 1. The summed E-state index contributed by atoms with van der Waals surface area (Å²) < 4.78 is 10.9. The molecule has 0 aliphatic rings. The molecule has 3 amide bonds. The van der Waals surface area contributed by atoms with Crippen LogP contribution in [-0.4, -0.2) is 24.0 Å². The molecule has 7 heteroatoms. The molecular formula is C20H22N2O5. The van der Waals surface area contributed by atoms with Gasteiger partial charge in [-0.15, -0.1) is 0 Å². The Morgan fingerprint density at radius 2 is 1.63 bits per heavy atom. The van der Waals surface area contributed by atoms with Crippen molar-refractivity contribution in [2.24, 2.45) is 11.7 Å². The summed E-state index contributed by atoms with van der Waals surface area (Å²) in [4.78, 5) is 35.1. The summed E-state index contributed by atoms with van der Waals surface area (Å²) >= 11 is 0. The molecule has 2 aromatic rings. The summed E-state index contributed by atoms with van der Waals surface area (Å²) in [5, 5.41) is 1.93. The number of benzene rings is 2. The third kappa shape index (κ3) is 6.14. The van der Waals surface area contributed by atoms with E-state index in [1.165, 1.54) is 0 Å². The van der Waals surface area contributed by atoms with Gasteiger partial charge in [0.15, 0.2) is 6.10 Å². The van der Waals surface area contributed by atoms with Gasteiger partial charge >= 0.3 is 12.0 Å². The molecule has 0 aromatic heterocycles. The summed E-state index contributed by atoms with van der Waals surface area (Å²) in [7, 11) is 0. The SMILES string of the molecule is CC(C)[C@H](OC(=O)c1ccc(COc2ccccc2)cc1)C(=O)NC(N)=O. The van der Waals surface area contributed by atoms with Crippen molar-refractivity contribution in [2.45, 2.75) is 26.6 Å². The van der Waals surface area contributed by atoms with Gasteiger partial charge in [0.05, 0.1) is 5.56 Å². The normalized spacial score (nSPS) is 11.5. The Morgan fingerprint density at radius 3 is 2.19 bits per heavy atom. The maximum atomic E-state index is 12.3. The molecule has 0 spiro atoms. The first-order chi connectivity index (χ1) is 12.9. The molecule has 0 bridgehead atoms. The second kappa shape index (κ2) is 9.38. The van der Waals surface area contributed by atoms with Gasteiger partial charge in [0.1, 0.15) is 12.4 Å². The summed E-state index contributed by atoms with van der Waals surface area (Å²) in [6.07, 6.45) is -1.12. The second-order valence-corrected chi connectivity index (χ2v) is 6.22. The fourth-order valence-corrected chi connectivity index (χ4v) is 2.29. The molecule has 2 rings (SSSR count). The number of carbonyl (C=O) groups is 3. The van der Waals surface area contributed by atoms with Crippen molar-refractivity contribution in [2.75, 3.05) is 0 Å². The van der Waals surface area contributed by atoms with Gasteiger partial charge in [0, 0.05) is 0 Å². The van der Waals surface area contributed by atoms with Gasteiger partial charge < -0.3 is 15.2 Å². The number of nitrogens with two attached hydrogens (primary N) is 1. The largest absolute Gasteiger partial charge is 0.489 e. The highest BCUT2D eigenvalue weighted by atomic mass is 16.5. The molecule has 0 heterocycles. The lowest BCUT2D eigenvalue weighted by Gasteiger charge is -2.19. The van der Waals surface area contributed by atoms with Crippen LogP contribution in [0, 0.1) is 5.92 Å². The van der Waals surface area contributed by atoms with E-state index in [1.54, 1.807) is 38.1 Å². The van der Waals surface area contributed by atoms with Crippen molar-refractivity contribution in [3.05, 3.63) is 65.7 Å². The van der Waals surface area contributed by atoms with Crippen LogP contribution in [0.2, 0.25) is 0 Å². The van der Waals surface area contributed by atoms with Gasteiger partial charge in [-0.25, -0.2) is 9.59 Å². The first kappa shape index (κ1) is 20.0. The number of carbonyl (C=O) groups excluding carboxylic acids is 3. The standard InChI is InChI=1S/C20H22N2O5/c1-13(2)17(18(23)22-20(21)25)27-19(24)15-10-8-14(9-11-15)12-26-16-6-4-3-5-7-16/h3-11,13,17H,12H2,1-2H3,(H3,21,22,23,25)/t17-/m0/s1. The molecule has 3 N–H and O–H groups in total. The van der Waals surface area contributed by atoms with Crippen LogP contribution in [0.25, 0.3) is 0 Å². The van der Waals surface area contributed by atoms with Gasteiger partial charge in [0.2, 0.25) is 0 Å². The van der Waals surface area contributed by atoms with Crippen molar-refractivity contribution in [1.29, 1.82) is 0 Å². The summed E-state index contributed by atoms with van der Waals surface area (Å²) in [5.74, 6) is -0.990. The van der Waals surface area contributed by atoms with E-state index < -0.39 is 24.0 Å². The molecule has 0 radical (unpaired) electrons. The Labute approximate surface area is 157 Å². The molecule has 2 aromatic carbocycles. The number of ether oxygens (including phenoxy) is 2. The van der Waals surface area contributed by atoms with E-state index in [-0.39, 0.29) is 11.5 Å². The van der Waals surface area contributed by atoms with E-state index in [0.717, 1.165) is 11.3 Å². The van der Waals surface area contributed by atoms with Crippen LogP contribution in [0.1, 0.15) is 29.8 Å². The Bertz CT molecular complexity index is 788. The number of primary amides is 1. The number of amides is 3. The molecule has 0 saturated carbocycles. The summed E-state index contributed by atoms with van der Waals surface area (Å²) in [6.45, 7) is 3.75. The van der Waals surface area contributed by atoms with Crippen LogP contribution in [0.5, 0.6) is 5.75 Å². The lowest BCUT2D eigenvalue weighted by Crippen LogP contribution is -2.45. The lowest BCUT2D eigenvalue weighted by atomic mass is 10.1. The highest BCUT2D eigenvalue weighted by Gasteiger charge is 2.27. The molecule has 142 valence electrons. The first-order valence-corrected chi connectivity index (χ1v) is 8.45. The fourth-order valence-electron chi connectivity index (χ4n) is 2.29. The van der Waals surface area contributed by atoms with Crippen LogP contribution >= 0.6 is 0 Å². The minimum atomic E-state index is -1.12. The Hall–Kier alpha value is -3.35. The molecule has 0 aliphatic carbocycles. The highest BCUT2D eigenvalue weighted by molar-refractivity contribution is 5.98. The molecule has 0 fully saturated rings. The minimum absolute atomic E-state index is 0.288. The van der Waals surface area contributed by atoms with Gasteiger partial charge in [0.25, 0.3) is 5.91 Å². The molecule has 1 atom stereocenters. The van der Waals surface area contributed by atoms with Crippen LogP contribution in [0.15, 0.2) is 54.6 Å². The maximum Gasteiger partial charge on any atom is 0.338 e. The number of para-hydroxylation sites is 1. The highest BCUT2D eigenvalue weighted by Crippen LogP contribution is 2.14. The minimum Gasteiger partial charge on any atom is -0.489 e. The molecule has 7 nitrogen and oxygen atoms in total. The Balaban J connectivity index is 1.97. The van der Waals surface area contributed by atoms with E-state index in [4.69, 9.17) is 15.2 Å². The number of nitrogens with one attached hydrogen (secondary N) is 1. The van der Waals surface area contributed by atoms with E-state index in [1.807, 2.05) is 35.6 Å². The molecule has 0 saturated heterocycles. The van der Waals surface area contributed by atoms with Gasteiger partial charge in [-0.3, -0.25) is 10.1 Å².